The van der Waals surface area contributed by atoms with Gasteiger partial charge in [-0.1, -0.05) is 6.07 Å². The summed E-state index contributed by atoms with van der Waals surface area (Å²) in [5.41, 5.74) is 1.82. The topological polar surface area (TPSA) is 97.6 Å². The van der Waals surface area contributed by atoms with E-state index in [0.29, 0.717) is 38.8 Å². The van der Waals surface area contributed by atoms with Crippen molar-refractivity contribution in [3.63, 3.8) is 0 Å². The molecular formula is C16H26O7. The van der Waals surface area contributed by atoms with Gasteiger partial charge in [-0.05, 0) is 23.3 Å². The molecule has 3 N–H and O–H groups in total. The maximum Gasteiger partial charge on any atom is 0.120 e. The molecule has 132 valence electrons. The van der Waals surface area contributed by atoms with Crippen LogP contribution in [0.4, 0.5) is 0 Å². The molecule has 0 aliphatic heterocycles. The van der Waals surface area contributed by atoms with Crippen molar-refractivity contribution in [1.82, 2.24) is 0 Å². The molecule has 0 fully saturated rings. The standard InChI is InChI=1S/C16H26O7/c17-1-4-20-7-8-23-16-10-14(12-21-5-2-18)9-15(11-16)13-22-6-3-19/h9-11,17-19H,1-8,12-13H2. The maximum absolute atomic E-state index is 8.76. The van der Waals surface area contributed by atoms with Gasteiger partial charge in [0.05, 0.1) is 59.5 Å². The average Bonchev–Trinajstić information content (AvgIpc) is 2.55. The predicted molar refractivity (Wildman–Crippen MR) is 83.3 cm³/mol. The third-order valence-electron chi connectivity index (χ3n) is 2.77. The van der Waals surface area contributed by atoms with E-state index in [2.05, 4.69) is 0 Å². The van der Waals surface area contributed by atoms with E-state index in [1.54, 1.807) is 0 Å². The molecule has 0 aliphatic rings. The molecule has 0 atom stereocenters. The molecule has 7 heteroatoms. The van der Waals surface area contributed by atoms with E-state index in [4.69, 9.17) is 34.3 Å². The summed E-state index contributed by atoms with van der Waals surface area (Å²) in [5.74, 6) is 0.672. The average molecular weight is 330 g/mol. The predicted octanol–water partition coefficient (Wildman–Crippen LogP) is 0.0921. The van der Waals surface area contributed by atoms with E-state index in [-0.39, 0.29) is 33.0 Å². The van der Waals surface area contributed by atoms with Crippen molar-refractivity contribution >= 4 is 0 Å². The van der Waals surface area contributed by atoms with E-state index < -0.39 is 0 Å². The molecule has 0 heterocycles. The molecule has 0 bridgehead atoms. The minimum Gasteiger partial charge on any atom is -0.491 e. The molecule has 7 nitrogen and oxygen atoms in total. The number of benzene rings is 1. The summed E-state index contributed by atoms with van der Waals surface area (Å²) in [6, 6.07) is 5.65. The SMILES string of the molecule is OCCOCCOc1cc(COCCO)cc(COCCO)c1. The van der Waals surface area contributed by atoms with E-state index >= 15 is 0 Å². The van der Waals surface area contributed by atoms with Crippen LogP contribution in [0.25, 0.3) is 0 Å². The van der Waals surface area contributed by atoms with Crippen LogP contribution in [0, 0.1) is 0 Å². The van der Waals surface area contributed by atoms with Crippen molar-refractivity contribution in [2.45, 2.75) is 13.2 Å². The van der Waals surface area contributed by atoms with Gasteiger partial charge in [0.25, 0.3) is 0 Å². The van der Waals surface area contributed by atoms with Crippen molar-refractivity contribution in [2.24, 2.45) is 0 Å². The quantitative estimate of drug-likeness (QED) is 0.416. The number of hydrogen-bond acceptors (Lipinski definition) is 7. The van der Waals surface area contributed by atoms with Gasteiger partial charge in [0, 0.05) is 0 Å². The molecule has 0 saturated carbocycles. The van der Waals surface area contributed by atoms with Crippen LogP contribution in [0.1, 0.15) is 11.1 Å². The summed E-state index contributed by atoms with van der Waals surface area (Å²) in [5, 5.41) is 26.1. The van der Waals surface area contributed by atoms with Crippen LogP contribution in [0.2, 0.25) is 0 Å². The Bertz CT molecular complexity index is 383. The molecule has 1 aromatic carbocycles. The number of rotatable bonds is 14. The lowest BCUT2D eigenvalue weighted by molar-refractivity contribution is 0.0695. The minimum atomic E-state index is -0.0230. The number of aliphatic hydroxyl groups is 3. The van der Waals surface area contributed by atoms with Crippen LogP contribution < -0.4 is 4.74 Å². The van der Waals surface area contributed by atoms with Crippen molar-refractivity contribution < 1.29 is 34.3 Å². The van der Waals surface area contributed by atoms with Gasteiger partial charge in [-0.15, -0.1) is 0 Å². The maximum atomic E-state index is 8.76. The zero-order chi connectivity index (χ0) is 16.8. The highest BCUT2D eigenvalue weighted by molar-refractivity contribution is 5.34. The lowest BCUT2D eigenvalue weighted by atomic mass is 10.1. The Hall–Kier alpha value is -1.22. The van der Waals surface area contributed by atoms with Gasteiger partial charge >= 0.3 is 0 Å². The summed E-state index contributed by atoms with van der Waals surface area (Å²) in [6.45, 7) is 2.28. The van der Waals surface area contributed by atoms with Gasteiger partial charge in [-0.25, -0.2) is 0 Å². The molecular weight excluding hydrogens is 304 g/mol. The first-order valence-electron chi connectivity index (χ1n) is 7.61. The van der Waals surface area contributed by atoms with Crippen molar-refractivity contribution in [1.29, 1.82) is 0 Å². The normalized spacial score (nSPS) is 10.9. The Morgan fingerprint density at radius 3 is 1.65 bits per heavy atom. The molecule has 1 rings (SSSR count). The molecule has 0 unspecified atom stereocenters. The van der Waals surface area contributed by atoms with Crippen LogP contribution in [0.3, 0.4) is 0 Å². The fraction of sp³-hybridized carbons (Fsp3) is 0.625. The van der Waals surface area contributed by atoms with Gasteiger partial charge in [-0.3, -0.25) is 0 Å². The Balaban J connectivity index is 2.57. The van der Waals surface area contributed by atoms with E-state index in [0.717, 1.165) is 11.1 Å². The largest absolute Gasteiger partial charge is 0.491 e. The number of aliphatic hydroxyl groups excluding tert-OH is 3. The van der Waals surface area contributed by atoms with Gasteiger partial charge in [0.15, 0.2) is 0 Å². The minimum absolute atomic E-state index is 0.00990. The monoisotopic (exact) mass is 330 g/mol. The molecule has 1 aromatic rings. The van der Waals surface area contributed by atoms with Gasteiger partial charge in [0.2, 0.25) is 0 Å². The Labute approximate surface area is 136 Å². The lowest BCUT2D eigenvalue weighted by Gasteiger charge is -2.12. The molecule has 23 heavy (non-hydrogen) atoms. The molecule has 0 aliphatic carbocycles. The summed E-state index contributed by atoms with van der Waals surface area (Å²) >= 11 is 0. The van der Waals surface area contributed by atoms with Crippen LogP contribution in [-0.4, -0.2) is 68.2 Å². The van der Waals surface area contributed by atoms with Crippen molar-refractivity contribution in [3.05, 3.63) is 29.3 Å². The Morgan fingerprint density at radius 2 is 1.13 bits per heavy atom. The molecule has 0 spiro atoms. The first kappa shape index (κ1) is 19.8. The molecule has 0 aromatic heterocycles. The highest BCUT2D eigenvalue weighted by atomic mass is 16.5. The molecule has 0 radical (unpaired) electrons. The van der Waals surface area contributed by atoms with Gasteiger partial charge in [0.1, 0.15) is 12.4 Å². The third-order valence-corrected chi connectivity index (χ3v) is 2.77. The van der Waals surface area contributed by atoms with Crippen LogP contribution in [0.15, 0.2) is 18.2 Å². The Morgan fingerprint density at radius 1 is 0.609 bits per heavy atom. The summed E-state index contributed by atoms with van der Waals surface area (Å²) < 4.78 is 21.4. The second kappa shape index (κ2) is 13.2. The van der Waals surface area contributed by atoms with Crippen LogP contribution >= 0.6 is 0 Å². The smallest absolute Gasteiger partial charge is 0.120 e. The van der Waals surface area contributed by atoms with E-state index in [1.807, 2.05) is 18.2 Å². The molecule has 0 saturated heterocycles. The highest BCUT2D eigenvalue weighted by Gasteiger charge is 2.04. The second-order valence-corrected chi connectivity index (χ2v) is 4.72. The van der Waals surface area contributed by atoms with Crippen molar-refractivity contribution in [2.75, 3.05) is 52.9 Å². The highest BCUT2D eigenvalue weighted by Crippen LogP contribution is 2.19. The molecule has 0 amide bonds. The Kier molecular flexibility index (Phi) is 11.4. The zero-order valence-corrected chi connectivity index (χ0v) is 13.3. The van der Waals surface area contributed by atoms with E-state index in [9.17, 15) is 0 Å². The fourth-order valence-corrected chi connectivity index (χ4v) is 1.87. The zero-order valence-electron chi connectivity index (χ0n) is 13.3. The first-order valence-corrected chi connectivity index (χ1v) is 7.61. The lowest BCUT2D eigenvalue weighted by Crippen LogP contribution is -2.10. The van der Waals surface area contributed by atoms with Crippen molar-refractivity contribution in [3.8, 4) is 5.75 Å². The van der Waals surface area contributed by atoms with E-state index in [1.165, 1.54) is 0 Å². The van der Waals surface area contributed by atoms with Gasteiger partial charge < -0.3 is 34.3 Å². The second-order valence-electron chi connectivity index (χ2n) is 4.72. The van der Waals surface area contributed by atoms with Crippen LogP contribution in [-0.2, 0) is 27.4 Å². The summed E-state index contributed by atoms with van der Waals surface area (Å²) in [6.07, 6.45) is 0. The summed E-state index contributed by atoms with van der Waals surface area (Å²) in [4.78, 5) is 0. The first-order chi connectivity index (χ1) is 11.3. The summed E-state index contributed by atoms with van der Waals surface area (Å²) in [7, 11) is 0. The fourth-order valence-electron chi connectivity index (χ4n) is 1.87. The number of hydrogen-bond donors (Lipinski definition) is 3. The van der Waals surface area contributed by atoms with Crippen LogP contribution in [0.5, 0.6) is 5.75 Å². The third kappa shape index (κ3) is 9.50. The van der Waals surface area contributed by atoms with Gasteiger partial charge in [-0.2, -0.15) is 0 Å². The number of ether oxygens (including phenoxy) is 4.